The van der Waals surface area contributed by atoms with Crippen molar-refractivity contribution in [2.24, 2.45) is 0 Å². The Labute approximate surface area is 382 Å². The van der Waals surface area contributed by atoms with Crippen LogP contribution in [-0.2, 0) is 28.6 Å². The van der Waals surface area contributed by atoms with Gasteiger partial charge in [-0.25, -0.2) is 4.79 Å². The molecule has 0 radical (unpaired) electrons. The Morgan fingerprint density at radius 2 is 0.903 bits per heavy atom. The number of carbonyl (C=O) groups is 3. The lowest BCUT2D eigenvalue weighted by molar-refractivity contribution is -0.887. The Kier molecular flexibility index (Phi) is 42.9. The van der Waals surface area contributed by atoms with Crippen molar-refractivity contribution < 1.29 is 38.2 Å². The summed E-state index contributed by atoms with van der Waals surface area (Å²) >= 11 is 0. The van der Waals surface area contributed by atoms with Crippen molar-refractivity contribution in [2.45, 2.75) is 238 Å². The number of ether oxygens (including phenoxy) is 3. The Morgan fingerprint density at radius 1 is 0.500 bits per heavy atom. The molecule has 0 saturated heterocycles. The molecule has 0 fully saturated rings. The number of carbonyl (C=O) groups excluding carboxylic acids is 2. The summed E-state index contributed by atoms with van der Waals surface area (Å²) in [4.78, 5) is 37.2. The maximum absolute atomic E-state index is 12.8. The molecule has 8 nitrogen and oxygen atoms in total. The lowest BCUT2D eigenvalue weighted by atomic mass is 10.0. The first kappa shape index (κ1) is 59.3. The van der Waals surface area contributed by atoms with Gasteiger partial charge in [-0.1, -0.05) is 204 Å². The average Bonchev–Trinajstić information content (AvgIpc) is 3.23. The number of quaternary nitrogens is 1. The van der Waals surface area contributed by atoms with Crippen LogP contribution in [0.1, 0.15) is 226 Å². The van der Waals surface area contributed by atoms with Gasteiger partial charge in [-0.2, -0.15) is 0 Å². The van der Waals surface area contributed by atoms with Crippen LogP contribution in [0.15, 0.2) is 48.6 Å². The van der Waals surface area contributed by atoms with Crippen LogP contribution in [-0.4, -0.2) is 80.6 Å². The first-order valence-corrected chi connectivity index (χ1v) is 25.7. The van der Waals surface area contributed by atoms with E-state index in [-0.39, 0.29) is 36.2 Å². The predicted octanol–water partition coefficient (Wildman–Crippen LogP) is 14.8. The van der Waals surface area contributed by atoms with Crippen LogP contribution in [0.25, 0.3) is 0 Å². The van der Waals surface area contributed by atoms with Crippen LogP contribution < -0.4 is 0 Å². The molecular formula is C54H98NO7+. The highest BCUT2D eigenvalue weighted by Gasteiger charge is 2.31. The van der Waals surface area contributed by atoms with E-state index in [2.05, 4.69) is 62.5 Å². The van der Waals surface area contributed by atoms with Crippen LogP contribution in [0, 0.1) is 0 Å². The molecule has 0 saturated carbocycles. The molecule has 8 heteroatoms. The Morgan fingerprint density at radius 3 is 1.34 bits per heavy atom. The summed E-state index contributed by atoms with van der Waals surface area (Å²) in [5, 5.41) is 9.65. The van der Waals surface area contributed by atoms with Crippen molar-refractivity contribution in [1.29, 1.82) is 0 Å². The molecule has 62 heavy (non-hydrogen) atoms. The Bertz CT molecular complexity index is 1150. The summed E-state index contributed by atoms with van der Waals surface area (Å²) in [5.74, 6) is -1.47. The molecule has 0 aromatic rings. The van der Waals surface area contributed by atoms with Crippen LogP contribution in [0.3, 0.4) is 0 Å². The summed E-state index contributed by atoms with van der Waals surface area (Å²) in [6.07, 6.45) is 54.4. The fourth-order valence-electron chi connectivity index (χ4n) is 7.55. The lowest BCUT2D eigenvalue weighted by Gasteiger charge is -2.31. The number of hydrogen-bond acceptors (Lipinski definition) is 6. The fourth-order valence-corrected chi connectivity index (χ4v) is 7.55. The van der Waals surface area contributed by atoms with Gasteiger partial charge >= 0.3 is 17.9 Å². The van der Waals surface area contributed by atoms with Crippen molar-refractivity contribution in [3.8, 4) is 0 Å². The van der Waals surface area contributed by atoms with Gasteiger partial charge in [0.2, 0.25) is 0 Å². The number of nitrogens with zero attached hydrogens (tertiary/aromatic N) is 1. The van der Waals surface area contributed by atoms with Crippen molar-refractivity contribution in [3.63, 3.8) is 0 Å². The van der Waals surface area contributed by atoms with E-state index in [4.69, 9.17) is 14.2 Å². The summed E-state index contributed by atoms with van der Waals surface area (Å²) in [7, 11) is 5.54. The van der Waals surface area contributed by atoms with Crippen LogP contribution in [0.4, 0.5) is 0 Å². The minimum absolute atomic E-state index is 0.0521. The maximum atomic E-state index is 12.8. The first-order valence-electron chi connectivity index (χ1n) is 25.7. The van der Waals surface area contributed by atoms with Gasteiger partial charge in [-0.15, -0.1) is 0 Å². The molecule has 2 unspecified atom stereocenters. The molecule has 0 bridgehead atoms. The van der Waals surface area contributed by atoms with Crippen LogP contribution in [0.2, 0.25) is 0 Å². The van der Waals surface area contributed by atoms with E-state index in [0.717, 1.165) is 70.6 Å². The number of hydrogen-bond donors (Lipinski definition) is 1. The average molecular weight is 873 g/mol. The zero-order valence-corrected chi connectivity index (χ0v) is 41.1. The largest absolute Gasteiger partial charge is 0.477 e. The van der Waals surface area contributed by atoms with Crippen molar-refractivity contribution >= 4 is 17.9 Å². The third-order valence-corrected chi connectivity index (χ3v) is 11.5. The number of aliphatic carboxylic acids is 1. The number of esters is 2. The molecule has 0 aliphatic carbocycles. The summed E-state index contributed by atoms with van der Waals surface area (Å²) < 4.78 is 17.4. The second kappa shape index (κ2) is 44.9. The molecule has 0 heterocycles. The van der Waals surface area contributed by atoms with Gasteiger partial charge in [0.05, 0.1) is 34.4 Å². The second-order valence-electron chi connectivity index (χ2n) is 18.4. The predicted molar refractivity (Wildman–Crippen MR) is 261 cm³/mol. The molecule has 0 amide bonds. The number of allylic oxidation sites excluding steroid dienone is 8. The zero-order chi connectivity index (χ0) is 45.6. The minimum atomic E-state index is -0.875. The summed E-state index contributed by atoms with van der Waals surface area (Å²) in [5.41, 5.74) is 0. The smallest absolute Gasteiger partial charge is 0.362 e. The maximum Gasteiger partial charge on any atom is 0.362 e. The Balaban J connectivity index is 4.25. The molecule has 0 spiro atoms. The van der Waals surface area contributed by atoms with Gasteiger partial charge in [0.1, 0.15) is 6.61 Å². The van der Waals surface area contributed by atoms with Gasteiger partial charge in [0.15, 0.2) is 12.1 Å². The van der Waals surface area contributed by atoms with Gasteiger partial charge < -0.3 is 23.8 Å². The second-order valence-corrected chi connectivity index (χ2v) is 18.4. The molecule has 360 valence electrons. The third-order valence-electron chi connectivity index (χ3n) is 11.5. The van der Waals surface area contributed by atoms with Gasteiger partial charge in [-0.3, -0.25) is 9.59 Å². The highest BCUT2D eigenvalue weighted by Crippen LogP contribution is 2.16. The van der Waals surface area contributed by atoms with E-state index in [0.29, 0.717) is 19.3 Å². The van der Waals surface area contributed by atoms with E-state index in [9.17, 15) is 19.5 Å². The molecule has 1 N–H and O–H groups in total. The van der Waals surface area contributed by atoms with Crippen LogP contribution in [0.5, 0.6) is 0 Å². The van der Waals surface area contributed by atoms with Crippen LogP contribution >= 0.6 is 0 Å². The Hall–Kier alpha value is -2.71. The van der Waals surface area contributed by atoms with E-state index in [1.807, 2.05) is 21.1 Å². The standard InChI is InChI=1S/C54H97NO7/c1-6-8-10-12-14-16-18-20-22-24-25-26-27-29-31-33-35-37-39-41-43-45-53(57)62-50(48-60-47-46-51(54(58)59)55(3,4)5)49-61-52(56)44-42-40-38-36-34-32-30-28-23-21-19-17-15-13-11-9-7-2/h8,10,14,16,20,22,25-26,50-51H,6-7,9,11-13,15,17-19,21,23-24,27-49H2,1-5H3/p+1/b10-8-,16-14-,22-20-,26-25-. The molecule has 2 atom stereocenters. The number of carboxylic acid groups (broad SMARTS) is 1. The third kappa shape index (κ3) is 42.6. The number of likely N-dealkylation sites (N-methyl/N-ethyl adjacent to an activating group) is 1. The monoisotopic (exact) mass is 873 g/mol. The highest BCUT2D eigenvalue weighted by molar-refractivity contribution is 5.72. The highest BCUT2D eigenvalue weighted by atomic mass is 16.6. The van der Waals surface area contributed by atoms with E-state index >= 15 is 0 Å². The summed E-state index contributed by atoms with van der Waals surface area (Å²) in [6.45, 7) is 4.65. The molecule has 0 rings (SSSR count). The zero-order valence-electron chi connectivity index (χ0n) is 41.1. The van der Waals surface area contributed by atoms with Crippen molar-refractivity contribution in [3.05, 3.63) is 48.6 Å². The molecule has 0 aromatic carbocycles. The van der Waals surface area contributed by atoms with E-state index in [1.165, 1.54) is 122 Å². The first-order chi connectivity index (χ1) is 30.1. The van der Waals surface area contributed by atoms with E-state index < -0.39 is 18.1 Å². The fraction of sp³-hybridized carbons (Fsp3) is 0.796. The van der Waals surface area contributed by atoms with Crippen molar-refractivity contribution in [1.82, 2.24) is 0 Å². The lowest BCUT2D eigenvalue weighted by Crippen LogP contribution is -2.50. The minimum Gasteiger partial charge on any atom is -0.477 e. The van der Waals surface area contributed by atoms with Crippen molar-refractivity contribution in [2.75, 3.05) is 41.0 Å². The van der Waals surface area contributed by atoms with Gasteiger partial charge in [-0.05, 0) is 51.4 Å². The number of rotatable bonds is 46. The van der Waals surface area contributed by atoms with Gasteiger partial charge in [0.25, 0.3) is 0 Å². The normalized spacial score (nSPS) is 13.2. The quantitative estimate of drug-likeness (QED) is 0.0281. The summed E-state index contributed by atoms with van der Waals surface area (Å²) in [6, 6.07) is -0.616. The molecular weight excluding hydrogens is 775 g/mol. The molecule has 0 aromatic heterocycles. The van der Waals surface area contributed by atoms with Gasteiger partial charge in [0, 0.05) is 19.3 Å². The van der Waals surface area contributed by atoms with E-state index in [1.54, 1.807) is 0 Å². The molecule has 0 aliphatic rings. The molecule has 0 aliphatic heterocycles. The SMILES string of the molecule is CC/C=C\C/C=C\C/C=C\C/C=C\CCCCCCCCCCC(=O)OC(COCCC(C(=O)O)[N+](C)(C)C)COC(=O)CCCCCCCCCCCCCCCCCCC. The number of unbranched alkanes of at least 4 members (excludes halogenated alkanes) is 24. The topological polar surface area (TPSA) is 99.1 Å². The number of carboxylic acids is 1.